The number of nitrogens with one attached hydrogen (secondary N) is 1. The standard InChI is InChI=1S/C13H18N4O2/c1-18-10-4-3-9(7-11(10)19-2)8-13(15)5-6-16-12(14)17-13/h3-7H,8,15H2,1-2H3,(H3,14,16,17). The second kappa shape index (κ2) is 5.19. The van der Waals surface area contributed by atoms with Gasteiger partial charge >= 0.3 is 0 Å². The van der Waals surface area contributed by atoms with Crippen LogP contribution in [0.25, 0.3) is 0 Å². The number of rotatable bonds is 4. The second-order valence-electron chi connectivity index (χ2n) is 4.33. The SMILES string of the molecule is COc1ccc(CC2(N)C=CNC(N)=N2)cc1OC. The third-order valence-corrected chi connectivity index (χ3v) is 2.87. The van der Waals surface area contributed by atoms with E-state index in [2.05, 4.69) is 10.3 Å². The van der Waals surface area contributed by atoms with E-state index < -0.39 is 5.66 Å². The molecule has 1 aliphatic heterocycles. The summed E-state index contributed by atoms with van der Waals surface area (Å²) in [5.74, 6) is 1.66. The number of ether oxygens (including phenoxy) is 2. The number of hydrogen-bond donors (Lipinski definition) is 3. The maximum atomic E-state index is 6.18. The van der Waals surface area contributed by atoms with Gasteiger partial charge < -0.3 is 26.3 Å². The van der Waals surface area contributed by atoms with E-state index in [1.54, 1.807) is 26.5 Å². The molecule has 1 aliphatic rings. The van der Waals surface area contributed by atoms with E-state index in [0.717, 1.165) is 5.56 Å². The van der Waals surface area contributed by atoms with Crippen molar-refractivity contribution in [2.24, 2.45) is 16.5 Å². The van der Waals surface area contributed by atoms with Crippen LogP contribution in [0.4, 0.5) is 0 Å². The Morgan fingerprint density at radius 3 is 2.63 bits per heavy atom. The molecule has 0 bridgehead atoms. The fourth-order valence-corrected chi connectivity index (χ4v) is 1.98. The van der Waals surface area contributed by atoms with Gasteiger partial charge in [-0.05, 0) is 23.8 Å². The van der Waals surface area contributed by atoms with Crippen LogP contribution < -0.4 is 26.3 Å². The molecule has 1 aromatic rings. The summed E-state index contributed by atoms with van der Waals surface area (Å²) in [6, 6.07) is 5.65. The van der Waals surface area contributed by atoms with Crippen LogP contribution in [-0.2, 0) is 6.42 Å². The van der Waals surface area contributed by atoms with E-state index in [1.165, 1.54) is 0 Å². The lowest BCUT2D eigenvalue weighted by Crippen LogP contribution is -2.45. The molecule has 1 aromatic carbocycles. The summed E-state index contributed by atoms with van der Waals surface area (Å²) < 4.78 is 10.5. The van der Waals surface area contributed by atoms with Gasteiger partial charge in [-0.3, -0.25) is 0 Å². The summed E-state index contributed by atoms with van der Waals surface area (Å²) in [4.78, 5) is 4.21. The van der Waals surface area contributed by atoms with Crippen molar-refractivity contribution in [3.05, 3.63) is 36.0 Å². The minimum atomic E-state index is -0.838. The van der Waals surface area contributed by atoms with Crippen molar-refractivity contribution >= 4 is 5.96 Å². The molecule has 6 nitrogen and oxygen atoms in total. The average molecular weight is 262 g/mol. The largest absolute Gasteiger partial charge is 0.493 e. The fraction of sp³-hybridized carbons (Fsp3) is 0.308. The van der Waals surface area contributed by atoms with Crippen molar-refractivity contribution in [2.45, 2.75) is 12.1 Å². The van der Waals surface area contributed by atoms with E-state index in [4.69, 9.17) is 20.9 Å². The van der Waals surface area contributed by atoms with E-state index >= 15 is 0 Å². The second-order valence-corrected chi connectivity index (χ2v) is 4.33. The minimum absolute atomic E-state index is 0.311. The van der Waals surface area contributed by atoms with Crippen LogP contribution in [0, 0.1) is 0 Å². The minimum Gasteiger partial charge on any atom is -0.493 e. The van der Waals surface area contributed by atoms with Crippen LogP contribution in [0.2, 0.25) is 0 Å². The van der Waals surface area contributed by atoms with Crippen LogP contribution in [0.1, 0.15) is 5.56 Å². The molecular weight excluding hydrogens is 244 g/mol. The normalized spacial score (nSPS) is 21.5. The molecule has 0 saturated carbocycles. The van der Waals surface area contributed by atoms with Gasteiger partial charge in [-0.2, -0.15) is 0 Å². The van der Waals surface area contributed by atoms with Crippen LogP contribution in [-0.4, -0.2) is 25.8 Å². The third-order valence-electron chi connectivity index (χ3n) is 2.87. The Labute approximate surface area is 112 Å². The van der Waals surface area contributed by atoms with Gasteiger partial charge in [0.15, 0.2) is 17.5 Å². The van der Waals surface area contributed by atoms with Crippen molar-refractivity contribution in [2.75, 3.05) is 14.2 Å². The van der Waals surface area contributed by atoms with E-state index in [0.29, 0.717) is 23.9 Å². The number of nitrogens with two attached hydrogens (primary N) is 2. The monoisotopic (exact) mass is 262 g/mol. The van der Waals surface area contributed by atoms with Crippen molar-refractivity contribution < 1.29 is 9.47 Å². The van der Waals surface area contributed by atoms with E-state index in [1.807, 2.05) is 18.2 Å². The molecular formula is C13H18N4O2. The van der Waals surface area contributed by atoms with Gasteiger partial charge in [0.05, 0.1) is 14.2 Å². The molecule has 0 spiro atoms. The van der Waals surface area contributed by atoms with Crippen molar-refractivity contribution in [1.82, 2.24) is 5.32 Å². The lowest BCUT2D eigenvalue weighted by atomic mass is 10.00. The van der Waals surface area contributed by atoms with Crippen molar-refractivity contribution in [1.29, 1.82) is 0 Å². The van der Waals surface area contributed by atoms with Crippen LogP contribution in [0.5, 0.6) is 11.5 Å². The number of nitrogens with zero attached hydrogens (tertiary/aromatic N) is 1. The molecule has 0 radical (unpaired) electrons. The lowest BCUT2D eigenvalue weighted by Gasteiger charge is -2.25. The van der Waals surface area contributed by atoms with Gasteiger partial charge in [-0.15, -0.1) is 0 Å². The molecule has 1 unspecified atom stereocenters. The first-order valence-corrected chi connectivity index (χ1v) is 5.86. The van der Waals surface area contributed by atoms with Crippen LogP contribution in [0.15, 0.2) is 35.5 Å². The van der Waals surface area contributed by atoms with Gasteiger partial charge in [0.25, 0.3) is 0 Å². The average Bonchev–Trinajstić information content (AvgIpc) is 2.37. The Balaban J connectivity index is 2.24. The maximum Gasteiger partial charge on any atom is 0.194 e. The zero-order valence-electron chi connectivity index (χ0n) is 11.0. The van der Waals surface area contributed by atoms with Gasteiger partial charge in [0.1, 0.15) is 5.66 Å². The molecule has 102 valence electrons. The number of benzene rings is 1. The number of hydrogen-bond acceptors (Lipinski definition) is 6. The van der Waals surface area contributed by atoms with Gasteiger partial charge in [-0.25, -0.2) is 4.99 Å². The Bertz CT molecular complexity index is 527. The zero-order valence-corrected chi connectivity index (χ0v) is 11.0. The molecule has 5 N–H and O–H groups in total. The number of guanidine groups is 1. The molecule has 19 heavy (non-hydrogen) atoms. The Morgan fingerprint density at radius 2 is 2.00 bits per heavy atom. The predicted octanol–water partition coefficient (Wildman–Crippen LogP) is 0.333. The molecule has 6 heteroatoms. The van der Waals surface area contributed by atoms with Gasteiger partial charge in [0.2, 0.25) is 0 Å². The number of methoxy groups -OCH3 is 2. The Hall–Kier alpha value is -2.21. The van der Waals surface area contributed by atoms with E-state index in [-0.39, 0.29) is 0 Å². The summed E-state index contributed by atoms with van der Waals surface area (Å²) in [5.41, 5.74) is 12.0. The predicted molar refractivity (Wildman–Crippen MR) is 74.1 cm³/mol. The lowest BCUT2D eigenvalue weighted by molar-refractivity contribution is 0.354. The Morgan fingerprint density at radius 1 is 1.26 bits per heavy atom. The topological polar surface area (TPSA) is 94.9 Å². The quantitative estimate of drug-likeness (QED) is 0.727. The summed E-state index contributed by atoms with van der Waals surface area (Å²) in [6.07, 6.45) is 4.00. The fourth-order valence-electron chi connectivity index (χ4n) is 1.98. The maximum absolute atomic E-state index is 6.18. The summed E-state index contributed by atoms with van der Waals surface area (Å²) in [5, 5.41) is 2.79. The molecule has 1 atom stereocenters. The molecule has 0 amide bonds. The summed E-state index contributed by atoms with van der Waals surface area (Å²) >= 11 is 0. The first kappa shape index (κ1) is 13.2. The van der Waals surface area contributed by atoms with Gasteiger partial charge in [0, 0.05) is 12.6 Å². The molecule has 2 rings (SSSR count). The highest BCUT2D eigenvalue weighted by atomic mass is 16.5. The molecule has 0 aliphatic carbocycles. The summed E-state index contributed by atoms with van der Waals surface area (Å²) in [6.45, 7) is 0. The van der Waals surface area contributed by atoms with Crippen LogP contribution in [0.3, 0.4) is 0 Å². The highest BCUT2D eigenvalue weighted by molar-refractivity contribution is 5.80. The van der Waals surface area contributed by atoms with Crippen molar-refractivity contribution in [3.63, 3.8) is 0 Å². The van der Waals surface area contributed by atoms with Gasteiger partial charge in [-0.1, -0.05) is 6.07 Å². The first-order valence-electron chi connectivity index (χ1n) is 5.86. The zero-order chi connectivity index (χ0) is 13.9. The van der Waals surface area contributed by atoms with Crippen LogP contribution >= 0.6 is 0 Å². The smallest absolute Gasteiger partial charge is 0.194 e. The highest BCUT2D eigenvalue weighted by Gasteiger charge is 2.24. The Kier molecular flexibility index (Phi) is 3.62. The summed E-state index contributed by atoms with van der Waals surface area (Å²) in [7, 11) is 3.20. The van der Waals surface area contributed by atoms with E-state index in [9.17, 15) is 0 Å². The molecule has 1 heterocycles. The molecule has 0 aromatic heterocycles. The molecule has 0 saturated heterocycles. The first-order chi connectivity index (χ1) is 9.06. The van der Waals surface area contributed by atoms with Crippen molar-refractivity contribution in [3.8, 4) is 11.5 Å². The molecule has 0 fully saturated rings. The number of aliphatic imine (C=N–C) groups is 1. The highest BCUT2D eigenvalue weighted by Crippen LogP contribution is 2.29. The third kappa shape index (κ3) is 2.97.